The molecule has 4 rings (SSSR count). The predicted molar refractivity (Wildman–Crippen MR) is 96.1 cm³/mol. The fourth-order valence-corrected chi connectivity index (χ4v) is 3.12. The number of hydrogen-bond donors (Lipinski definition) is 1. The van der Waals surface area contributed by atoms with E-state index in [9.17, 15) is 0 Å². The van der Waals surface area contributed by atoms with Crippen LogP contribution in [0.4, 0.5) is 5.82 Å². The van der Waals surface area contributed by atoms with Gasteiger partial charge >= 0.3 is 0 Å². The minimum absolute atomic E-state index is 0.706. The molecule has 1 N–H and O–H groups in total. The van der Waals surface area contributed by atoms with Crippen LogP contribution in [0.3, 0.4) is 0 Å². The van der Waals surface area contributed by atoms with Gasteiger partial charge in [0, 0.05) is 40.8 Å². The molecule has 5 heteroatoms. The standard InChI is InChI=1S/C19H17ClN4/c20-15-8-6-14(7-9-15)18-23-17-5-1-4-16(17)19(24-18)22-12-13-3-2-10-21-11-13/h2-3,6-11H,1,4-5,12H2,(H,22,23,24). The summed E-state index contributed by atoms with van der Waals surface area (Å²) in [5, 5.41) is 4.18. The Balaban J connectivity index is 1.66. The summed E-state index contributed by atoms with van der Waals surface area (Å²) < 4.78 is 0. The quantitative estimate of drug-likeness (QED) is 0.772. The number of pyridine rings is 1. The Kier molecular flexibility index (Phi) is 4.13. The first kappa shape index (κ1) is 15.1. The van der Waals surface area contributed by atoms with Gasteiger partial charge in [-0.2, -0.15) is 0 Å². The number of aromatic nitrogens is 3. The Morgan fingerprint density at radius 1 is 1.04 bits per heavy atom. The molecule has 3 aromatic rings. The molecule has 2 aromatic heterocycles. The molecule has 120 valence electrons. The van der Waals surface area contributed by atoms with Crippen molar-refractivity contribution in [3.8, 4) is 11.4 Å². The Bertz CT molecular complexity index is 847. The van der Waals surface area contributed by atoms with E-state index in [1.54, 1.807) is 6.20 Å². The Labute approximate surface area is 146 Å². The monoisotopic (exact) mass is 336 g/mol. The van der Waals surface area contributed by atoms with E-state index in [4.69, 9.17) is 21.6 Å². The molecule has 2 heterocycles. The molecule has 0 unspecified atom stereocenters. The van der Waals surface area contributed by atoms with Gasteiger partial charge in [0.15, 0.2) is 5.82 Å². The molecule has 0 radical (unpaired) electrons. The minimum atomic E-state index is 0.706. The molecule has 1 aliphatic rings. The van der Waals surface area contributed by atoms with E-state index < -0.39 is 0 Å². The first-order valence-electron chi connectivity index (χ1n) is 8.08. The first-order valence-corrected chi connectivity index (χ1v) is 8.46. The summed E-state index contributed by atoms with van der Waals surface area (Å²) in [5.41, 5.74) is 4.52. The van der Waals surface area contributed by atoms with Crippen molar-refractivity contribution in [1.29, 1.82) is 0 Å². The van der Waals surface area contributed by atoms with Crippen molar-refractivity contribution in [3.05, 3.63) is 70.6 Å². The molecule has 0 saturated carbocycles. The predicted octanol–water partition coefficient (Wildman–Crippen LogP) is 4.29. The smallest absolute Gasteiger partial charge is 0.161 e. The third-order valence-corrected chi connectivity index (χ3v) is 4.47. The zero-order valence-electron chi connectivity index (χ0n) is 13.2. The molecule has 0 bridgehead atoms. The van der Waals surface area contributed by atoms with E-state index in [1.807, 2.05) is 36.5 Å². The van der Waals surface area contributed by atoms with Crippen LogP contribution in [0.25, 0.3) is 11.4 Å². The van der Waals surface area contributed by atoms with Gasteiger partial charge < -0.3 is 5.32 Å². The molecule has 0 saturated heterocycles. The van der Waals surface area contributed by atoms with Crippen molar-refractivity contribution in [1.82, 2.24) is 15.0 Å². The van der Waals surface area contributed by atoms with Crippen molar-refractivity contribution < 1.29 is 0 Å². The van der Waals surface area contributed by atoms with Gasteiger partial charge in [0.1, 0.15) is 5.82 Å². The van der Waals surface area contributed by atoms with E-state index in [0.29, 0.717) is 6.54 Å². The lowest BCUT2D eigenvalue weighted by atomic mass is 10.2. The number of rotatable bonds is 4. The number of fused-ring (bicyclic) bond motifs is 1. The highest BCUT2D eigenvalue weighted by atomic mass is 35.5. The van der Waals surface area contributed by atoms with Gasteiger partial charge in [-0.3, -0.25) is 4.98 Å². The maximum atomic E-state index is 5.98. The van der Waals surface area contributed by atoms with Crippen LogP contribution in [-0.4, -0.2) is 15.0 Å². The van der Waals surface area contributed by atoms with Crippen LogP contribution in [0.5, 0.6) is 0 Å². The topological polar surface area (TPSA) is 50.7 Å². The first-order chi connectivity index (χ1) is 11.8. The van der Waals surface area contributed by atoms with Crippen LogP contribution in [0.15, 0.2) is 48.8 Å². The molecule has 0 fully saturated rings. The summed E-state index contributed by atoms with van der Waals surface area (Å²) in [6.45, 7) is 0.706. The van der Waals surface area contributed by atoms with Gasteiger partial charge in [-0.25, -0.2) is 9.97 Å². The molecule has 0 aliphatic heterocycles. The van der Waals surface area contributed by atoms with Gasteiger partial charge in [0.05, 0.1) is 0 Å². The number of halogens is 1. The SMILES string of the molecule is Clc1ccc(-c2nc3c(c(NCc4cccnc4)n2)CCC3)cc1. The molecule has 0 spiro atoms. The average molecular weight is 337 g/mol. The van der Waals surface area contributed by atoms with Gasteiger partial charge in [0.2, 0.25) is 0 Å². The average Bonchev–Trinajstić information content (AvgIpc) is 3.10. The second-order valence-corrected chi connectivity index (χ2v) is 6.33. The Morgan fingerprint density at radius 2 is 1.92 bits per heavy atom. The minimum Gasteiger partial charge on any atom is -0.366 e. The lowest BCUT2D eigenvalue weighted by Crippen LogP contribution is -2.07. The number of benzene rings is 1. The summed E-state index contributed by atoms with van der Waals surface area (Å²) >= 11 is 5.98. The molecular formula is C19H17ClN4. The van der Waals surface area contributed by atoms with E-state index in [2.05, 4.69) is 16.4 Å². The fourth-order valence-electron chi connectivity index (χ4n) is 3.00. The van der Waals surface area contributed by atoms with Crippen molar-refractivity contribution >= 4 is 17.4 Å². The maximum Gasteiger partial charge on any atom is 0.161 e. The maximum absolute atomic E-state index is 5.98. The van der Waals surface area contributed by atoms with Gasteiger partial charge in [-0.05, 0) is 55.2 Å². The van der Waals surface area contributed by atoms with Crippen LogP contribution in [-0.2, 0) is 19.4 Å². The summed E-state index contributed by atoms with van der Waals surface area (Å²) in [6.07, 6.45) is 6.83. The van der Waals surface area contributed by atoms with Crippen LogP contribution in [0.2, 0.25) is 5.02 Å². The van der Waals surface area contributed by atoms with Crippen molar-refractivity contribution in [2.75, 3.05) is 5.32 Å². The molecule has 24 heavy (non-hydrogen) atoms. The van der Waals surface area contributed by atoms with E-state index >= 15 is 0 Å². The molecule has 0 amide bonds. The van der Waals surface area contributed by atoms with Crippen molar-refractivity contribution in [2.45, 2.75) is 25.8 Å². The lowest BCUT2D eigenvalue weighted by Gasteiger charge is -2.12. The normalized spacial score (nSPS) is 12.9. The molecule has 1 aromatic carbocycles. The molecule has 0 atom stereocenters. The van der Waals surface area contributed by atoms with Crippen LogP contribution >= 0.6 is 11.6 Å². The summed E-state index contributed by atoms with van der Waals surface area (Å²) in [6, 6.07) is 11.7. The summed E-state index contributed by atoms with van der Waals surface area (Å²) in [5.74, 6) is 1.69. The Hall–Kier alpha value is -2.46. The number of anilines is 1. The third-order valence-electron chi connectivity index (χ3n) is 4.22. The van der Waals surface area contributed by atoms with Gasteiger partial charge in [0.25, 0.3) is 0 Å². The lowest BCUT2D eigenvalue weighted by molar-refractivity contribution is 0.899. The second-order valence-electron chi connectivity index (χ2n) is 5.90. The highest BCUT2D eigenvalue weighted by Gasteiger charge is 2.19. The summed E-state index contributed by atoms with van der Waals surface area (Å²) in [4.78, 5) is 13.7. The molecular weight excluding hydrogens is 320 g/mol. The van der Waals surface area contributed by atoms with Crippen LogP contribution < -0.4 is 5.32 Å². The zero-order valence-corrected chi connectivity index (χ0v) is 13.9. The zero-order chi connectivity index (χ0) is 16.4. The van der Waals surface area contributed by atoms with Crippen molar-refractivity contribution in [3.63, 3.8) is 0 Å². The molecule has 1 aliphatic carbocycles. The highest BCUT2D eigenvalue weighted by Crippen LogP contribution is 2.29. The van der Waals surface area contributed by atoms with E-state index in [-0.39, 0.29) is 0 Å². The van der Waals surface area contributed by atoms with E-state index in [1.165, 1.54) is 5.56 Å². The van der Waals surface area contributed by atoms with Gasteiger partial charge in [-0.15, -0.1) is 0 Å². The highest BCUT2D eigenvalue weighted by molar-refractivity contribution is 6.30. The van der Waals surface area contributed by atoms with Crippen LogP contribution in [0, 0.1) is 0 Å². The number of nitrogens with zero attached hydrogens (tertiary/aromatic N) is 3. The van der Waals surface area contributed by atoms with Crippen LogP contribution in [0.1, 0.15) is 23.2 Å². The van der Waals surface area contributed by atoms with Crippen molar-refractivity contribution in [2.24, 2.45) is 0 Å². The van der Waals surface area contributed by atoms with E-state index in [0.717, 1.165) is 52.7 Å². The summed E-state index contributed by atoms with van der Waals surface area (Å²) in [7, 11) is 0. The fraction of sp³-hybridized carbons (Fsp3) is 0.211. The number of hydrogen-bond acceptors (Lipinski definition) is 4. The second kappa shape index (κ2) is 6.57. The number of nitrogens with one attached hydrogen (secondary N) is 1. The van der Waals surface area contributed by atoms with Gasteiger partial charge in [-0.1, -0.05) is 17.7 Å². The molecule has 4 nitrogen and oxygen atoms in total. The largest absolute Gasteiger partial charge is 0.366 e. The third kappa shape index (κ3) is 3.10. The number of aryl methyl sites for hydroxylation is 1. The Morgan fingerprint density at radius 3 is 2.71 bits per heavy atom.